The molecule has 108 valence electrons. The second-order valence-electron chi connectivity index (χ2n) is 5.15. The summed E-state index contributed by atoms with van der Waals surface area (Å²) in [4.78, 5) is 23.5. The minimum Gasteiger partial charge on any atom is -0.480 e. The molecular formula is C15H15N3O3. The van der Waals surface area contributed by atoms with Gasteiger partial charge in [-0.05, 0) is 18.8 Å². The highest BCUT2D eigenvalue weighted by Crippen LogP contribution is 2.33. The third kappa shape index (κ3) is 2.79. The van der Waals surface area contributed by atoms with Gasteiger partial charge in [0.25, 0.3) is 5.91 Å². The van der Waals surface area contributed by atoms with Gasteiger partial charge < -0.3 is 10.4 Å². The molecule has 3 rings (SSSR count). The normalized spacial score (nSPS) is 15.4. The summed E-state index contributed by atoms with van der Waals surface area (Å²) in [6, 6.07) is 8.51. The van der Waals surface area contributed by atoms with E-state index in [1.807, 2.05) is 30.3 Å². The van der Waals surface area contributed by atoms with E-state index in [2.05, 4.69) is 15.5 Å². The summed E-state index contributed by atoms with van der Waals surface area (Å²) < 4.78 is 0. The average Bonchev–Trinajstić information content (AvgIpc) is 3.20. The third-order valence-corrected chi connectivity index (χ3v) is 3.59. The zero-order valence-corrected chi connectivity index (χ0v) is 11.2. The molecule has 1 aliphatic carbocycles. The molecule has 1 aliphatic rings. The fraction of sp³-hybridized carbons (Fsp3) is 0.267. The van der Waals surface area contributed by atoms with Crippen molar-refractivity contribution in [3.05, 3.63) is 42.1 Å². The number of amides is 1. The highest BCUT2D eigenvalue weighted by Gasteiger charge is 2.37. The summed E-state index contributed by atoms with van der Waals surface area (Å²) in [7, 11) is 0. The summed E-state index contributed by atoms with van der Waals surface area (Å²) in [6.45, 7) is 0. The Morgan fingerprint density at radius 1 is 1.29 bits per heavy atom. The van der Waals surface area contributed by atoms with Crippen molar-refractivity contribution in [2.24, 2.45) is 5.92 Å². The Hall–Kier alpha value is -2.63. The minimum absolute atomic E-state index is 0.0403. The molecule has 6 nitrogen and oxygen atoms in total. The van der Waals surface area contributed by atoms with E-state index in [-0.39, 0.29) is 5.92 Å². The predicted octanol–water partition coefficient (Wildman–Crippen LogP) is 1.67. The molecule has 0 bridgehead atoms. The topological polar surface area (TPSA) is 95.1 Å². The van der Waals surface area contributed by atoms with Crippen LogP contribution in [0.2, 0.25) is 0 Å². The Balaban J connectivity index is 1.82. The Morgan fingerprint density at radius 2 is 2.00 bits per heavy atom. The van der Waals surface area contributed by atoms with Gasteiger partial charge in [0.15, 0.2) is 0 Å². The molecule has 1 unspecified atom stereocenters. The van der Waals surface area contributed by atoms with Crippen molar-refractivity contribution in [2.45, 2.75) is 18.9 Å². The number of hydrogen-bond donors (Lipinski definition) is 3. The van der Waals surface area contributed by atoms with Crippen LogP contribution in [0.5, 0.6) is 0 Å². The Kier molecular flexibility index (Phi) is 3.43. The molecule has 0 radical (unpaired) electrons. The lowest BCUT2D eigenvalue weighted by Gasteiger charge is -2.13. The van der Waals surface area contributed by atoms with Crippen LogP contribution < -0.4 is 5.32 Å². The maximum Gasteiger partial charge on any atom is 0.326 e. The monoisotopic (exact) mass is 285 g/mol. The maximum atomic E-state index is 12.3. The first-order valence-corrected chi connectivity index (χ1v) is 6.79. The molecule has 2 aromatic rings. The number of nitrogens with one attached hydrogen (secondary N) is 2. The number of benzene rings is 1. The van der Waals surface area contributed by atoms with Gasteiger partial charge >= 0.3 is 5.97 Å². The van der Waals surface area contributed by atoms with Crippen LogP contribution in [-0.2, 0) is 4.79 Å². The number of aromatic nitrogens is 2. The third-order valence-electron chi connectivity index (χ3n) is 3.59. The number of H-pyrrole nitrogens is 1. The second-order valence-corrected chi connectivity index (χ2v) is 5.15. The molecule has 3 N–H and O–H groups in total. The number of rotatable bonds is 5. The van der Waals surface area contributed by atoms with Gasteiger partial charge in [0, 0.05) is 5.56 Å². The molecule has 1 atom stereocenters. The van der Waals surface area contributed by atoms with E-state index in [0.717, 1.165) is 18.4 Å². The van der Waals surface area contributed by atoms with Gasteiger partial charge in [-0.2, -0.15) is 5.10 Å². The van der Waals surface area contributed by atoms with E-state index in [1.54, 1.807) is 0 Å². The van der Waals surface area contributed by atoms with Gasteiger partial charge in [-0.3, -0.25) is 9.89 Å². The highest BCUT2D eigenvalue weighted by molar-refractivity contribution is 6.01. The molecule has 1 saturated carbocycles. The van der Waals surface area contributed by atoms with Crippen LogP contribution in [0.3, 0.4) is 0 Å². The van der Waals surface area contributed by atoms with Crippen molar-refractivity contribution in [1.82, 2.24) is 15.5 Å². The SMILES string of the molecule is O=C(NC(C(=O)O)C1CC1)c1cn[nH]c1-c1ccccc1. The number of nitrogens with zero attached hydrogens (tertiary/aromatic N) is 1. The van der Waals surface area contributed by atoms with Crippen LogP contribution in [0, 0.1) is 5.92 Å². The molecule has 1 amide bonds. The van der Waals surface area contributed by atoms with Crippen LogP contribution >= 0.6 is 0 Å². The Labute approximate surface area is 121 Å². The number of carbonyl (C=O) groups is 2. The van der Waals surface area contributed by atoms with Gasteiger partial charge in [0.2, 0.25) is 0 Å². The van der Waals surface area contributed by atoms with Crippen LogP contribution in [0.4, 0.5) is 0 Å². The Bertz CT molecular complexity index is 662. The molecule has 1 heterocycles. The molecule has 1 aromatic heterocycles. The fourth-order valence-electron chi connectivity index (χ4n) is 2.31. The van der Waals surface area contributed by atoms with Crippen molar-refractivity contribution in [3.63, 3.8) is 0 Å². The molecule has 6 heteroatoms. The summed E-state index contributed by atoms with van der Waals surface area (Å²) in [5.41, 5.74) is 1.78. The first kappa shape index (κ1) is 13.4. The van der Waals surface area contributed by atoms with Crippen molar-refractivity contribution in [3.8, 4) is 11.3 Å². The maximum absolute atomic E-state index is 12.3. The molecule has 0 spiro atoms. The molecule has 0 aliphatic heterocycles. The van der Waals surface area contributed by atoms with Gasteiger partial charge in [-0.15, -0.1) is 0 Å². The van der Waals surface area contributed by atoms with E-state index in [1.165, 1.54) is 6.20 Å². The van der Waals surface area contributed by atoms with Crippen molar-refractivity contribution < 1.29 is 14.7 Å². The lowest BCUT2D eigenvalue weighted by Crippen LogP contribution is -2.42. The van der Waals surface area contributed by atoms with E-state index < -0.39 is 17.9 Å². The van der Waals surface area contributed by atoms with Crippen LogP contribution in [0.15, 0.2) is 36.5 Å². The van der Waals surface area contributed by atoms with Crippen molar-refractivity contribution in [2.75, 3.05) is 0 Å². The van der Waals surface area contributed by atoms with Crippen molar-refractivity contribution in [1.29, 1.82) is 0 Å². The van der Waals surface area contributed by atoms with Crippen LogP contribution in [0.1, 0.15) is 23.2 Å². The highest BCUT2D eigenvalue weighted by atomic mass is 16.4. The van der Waals surface area contributed by atoms with Gasteiger partial charge in [0.1, 0.15) is 6.04 Å². The standard InChI is InChI=1S/C15H15N3O3/c19-14(17-13(15(20)21)10-6-7-10)11-8-16-18-12(11)9-4-2-1-3-5-9/h1-5,8,10,13H,6-7H2,(H,16,18)(H,17,19)(H,20,21). The predicted molar refractivity (Wildman–Crippen MR) is 75.6 cm³/mol. The number of aliphatic carboxylic acids is 1. The second kappa shape index (κ2) is 5.40. The molecule has 21 heavy (non-hydrogen) atoms. The minimum atomic E-state index is -0.990. The summed E-state index contributed by atoms with van der Waals surface area (Å²) in [5.74, 6) is -1.36. The van der Waals surface area contributed by atoms with Gasteiger partial charge in [-0.1, -0.05) is 30.3 Å². The molecule has 1 fully saturated rings. The zero-order chi connectivity index (χ0) is 14.8. The number of hydrogen-bond acceptors (Lipinski definition) is 3. The summed E-state index contributed by atoms with van der Waals surface area (Å²) >= 11 is 0. The lowest BCUT2D eigenvalue weighted by atomic mass is 10.1. The Morgan fingerprint density at radius 3 is 2.62 bits per heavy atom. The number of carbonyl (C=O) groups excluding carboxylic acids is 1. The number of carboxylic acids is 1. The van der Waals surface area contributed by atoms with Crippen LogP contribution in [0.25, 0.3) is 11.3 Å². The quantitative estimate of drug-likeness (QED) is 0.778. The van der Waals surface area contributed by atoms with E-state index in [4.69, 9.17) is 0 Å². The number of carboxylic acid groups (broad SMARTS) is 1. The van der Waals surface area contributed by atoms with Gasteiger partial charge in [0.05, 0.1) is 17.5 Å². The van der Waals surface area contributed by atoms with E-state index in [9.17, 15) is 14.7 Å². The average molecular weight is 285 g/mol. The smallest absolute Gasteiger partial charge is 0.326 e. The first-order chi connectivity index (χ1) is 10.2. The fourth-order valence-corrected chi connectivity index (χ4v) is 2.31. The van der Waals surface area contributed by atoms with Crippen molar-refractivity contribution >= 4 is 11.9 Å². The molecular weight excluding hydrogens is 270 g/mol. The molecule has 0 saturated heterocycles. The largest absolute Gasteiger partial charge is 0.480 e. The lowest BCUT2D eigenvalue weighted by molar-refractivity contribution is -0.139. The summed E-state index contributed by atoms with van der Waals surface area (Å²) in [5, 5.41) is 18.5. The van der Waals surface area contributed by atoms with E-state index >= 15 is 0 Å². The first-order valence-electron chi connectivity index (χ1n) is 6.79. The molecule has 1 aromatic carbocycles. The number of aromatic amines is 1. The van der Waals surface area contributed by atoms with Crippen LogP contribution in [-0.4, -0.2) is 33.2 Å². The van der Waals surface area contributed by atoms with Gasteiger partial charge in [-0.25, -0.2) is 4.79 Å². The summed E-state index contributed by atoms with van der Waals surface area (Å²) in [6.07, 6.45) is 3.10. The zero-order valence-electron chi connectivity index (χ0n) is 11.2. The van der Waals surface area contributed by atoms with E-state index in [0.29, 0.717) is 11.3 Å².